The Balaban J connectivity index is 1.94. The Morgan fingerprint density at radius 1 is 1.18 bits per heavy atom. The Morgan fingerprint density at radius 2 is 1.82 bits per heavy atom. The maximum Gasteiger partial charge on any atom is 0.390 e. The van der Waals surface area contributed by atoms with E-state index >= 15 is 0 Å². The summed E-state index contributed by atoms with van der Waals surface area (Å²) in [6.07, 6.45) is 2.38. The van der Waals surface area contributed by atoms with E-state index in [1.165, 1.54) is 4.90 Å². The van der Waals surface area contributed by atoms with Crippen LogP contribution >= 0.6 is 0 Å². The lowest BCUT2D eigenvalue weighted by atomic mass is 9.71. The number of halogens is 3. The highest BCUT2D eigenvalue weighted by molar-refractivity contribution is 5.77. The Morgan fingerprint density at radius 3 is 2.32 bits per heavy atom. The number of alkyl halides is 3. The number of nitrogens with two attached hydrogens (primary N) is 1. The van der Waals surface area contributed by atoms with E-state index in [1.807, 2.05) is 0 Å². The molecular weight excluding hydrogens is 293 g/mol. The summed E-state index contributed by atoms with van der Waals surface area (Å²) in [6, 6.07) is 0. The molecule has 0 heterocycles. The minimum atomic E-state index is -4.21. The molecule has 0 aliphatic heterocycles. The summed E-state index contributed by atoms with van der Waals surface area (Å²) in [6.45, 7) is 0.727. The first-order valence-electron chi connectivity index (χ1n) is 8.38. The molecule has 0 bridgehead atoms. The average molecular weight is 320 g/mol. The lowest BCUT2D eigenvalue weighted by molar-refractivity contribution is -0.147. The van der Waals surface area contributed by atoms with Gasteiger partial charge in [0.15, 0.2) is 0 Å². The van der Waals surface area contributed by atoms with E-state index in [0.717, 1.165) is 44.9 Å². The molecule has 0 radical (unpaired) electrons. The first-order valence-corrected chi connectivity index (χ1v) is 8.38. The highest BCUT2D eigenvalue weighted by Gasteiger charge is 2.37. The fourth-order valence-corrected chi connectivity index (χ4v) is 3.38. The van der Waals surface area contributed by atoms with Gasteiger partial charge in [-0.2, -0.15) is 13.2 Å². The highest BCUT2D eigenvalue weighted by atomic mass is 19.4. The molecule has 2 aliphatic carbocycles. The number of carbonyl (C=O) groups excluding carboxylic acids is 1. The second-order valence-corrected chi connectivity index (χ2v) is 7.09. The summed E-state index contributed by atoms with van der Waals surface area (Å²) in [5.74, 6) is 0.265. The third-order valence-electron chi connectivity index (χ3n) is 5.07. The monoisotopic (exact) mass is 320 g/mol. The predicted octanol–water partition coefficient (Wildman–Crippen LogP) is 3.48. The largest absolute Gasteiger partial charge is 0.390 e. The maximum atomic E-state index is 12.6. The van der Waals surface area contributed by atoms with Gasteiger partial charge in [-0.05, 0) is 43.6 Å². The SMILES string of the molecule is NCC1(CC(=O)N(CCC(F)(F)F)CC2CC2)CCCCC1. The highest BCUT2D eigenvalue weighted by Crippen LogP contribution is 2.39. The van der Waals surface area contributed by atoms with E-state index in [9.17, 15) is 18.0 Å². The van der Waals surface area contributed by atoms with Crippen LogP contribution in [0.2, 0.25) is 0 Å². The van der Waals surface area contributed by atoms with E-state index in [4.69, 9.17) is 5.73 Å². The van der Waals surface area contributed by atoms with Crippen LogP contribution in [0, 0.1) is 11.3 Å². The zero-order valence-corrected chi connectivity index (χ0v) is 13.1. The summed E-state index contributed by atoms with van der Waals surface area (Å²) in [5, 5.41) is 0. The molecule has 0 unspecified atom stereocenters. The molecule has 3 nitrogen and oxygen atoms in total. The Kier molecular flexibility index (Phi) is 5.75. The van der Waals surface area contributed by atoms with Gasteiger partial charge in [-0.25, -0.2) is 0 Å². The molecular formula is C16H27F3N2O. The van der Waals surface area contributed by atoms with Gasteiger partial charge in [0.25, 0.3) is 0 Å². The van der Waals surface area contributed by atoms with Gasteiger partial charge >= 0.3 is 6.18 Å². The van der Waals surface area contributed by atoms with Gasteiger partial charge in [-0.3, -0.25) is 4.79 Å². The van der Waals surface area contributed by atoms with Crippen LogP contribution in [0.15, 0.2) is 0 Å². The van der Waals surface area contributed by atoms with Crippen molar-refractivity contribution in [3.8, 4) is 0 Å². The number of hydrogen-bond donors (Lipinski definition) is 1. The van der Waals surface area contributed by atoms with Crippen molar-refractivity contribution in [1.82, 2.24) is 4.90 Å². The topological polar surface area (TPSA) is 46.3 Å². The van der Waals surface area contributed by atoms with Gasteiger partial charge < -0.3 is 10.6 Å². The van der Waals surface area contributed by atoms with Crippen molar-refractivity contribution in [1.29, 1.82) is 0 Å². The molecule has 22 heavy (non-hydrogen) atoms. The van der Waals surface area contributed by atoms with Gasteiger partial charge in [-0.15, -0.1) is 0 Å². The van der Waals surface area contributed by atoms with Crippen LogP contribution in [0.5, 0.6) is 0 Å². The molecule has 2 rings (SSSR count). The smallest absolute Gasteiger partial charge is 0.342 e. The number of carbonyl (C=O) groups is 1. The average Bonchev–Trinajstić information content (AvgIpc) is 3.27. The summed E-state index contributed by atoms with van der Waals surface area (Å²) >= 11 is 0. The predicted molar refractivity (Wildman–Crippen MR) is 79.2 cm³/mol. The third kappa shape index (κ3) is 5.45. The minimum absolute atomic E-state index is 0.136. The fraction of sp³-hybridized carbons (Fsp3) is 0.938. The van der Waals surface area contributed by atoms with Gasteiger partial charge in [0.1, 0.15) is 0 Å². The molecule has 2 fully saturated rings. The van der Waals surface area contributed by atoms with Gasteiger partial charge in [-0.1, -0.05) is 19.3 Å². The van der Waals surface area contributed by atoms with Gasteiger partial charge in [0, 0.05) is 19.5 Å². The lowest BCUT2D eigenvalue weighted by Gasteiger charge is -2.37. The van der Waals surface area contributed by atoms with Gasteiger partial charge in [0.05, 0.1) is 6.42 Å². The third-order valence-corrected chi connectivity index (χ3v) is 5.07. The normalized spacial score (nSPS) is 21.6. The molecule has 0 atom stereocenters. The molecule has 0 aromatic rings. The Labute approximate surface area is 130 Å². The molecule has 6 heteroatoms. The number of rotatable bonds is 7. The minimum Gasteiger partial charge on any atom is -0.342 e. The van der Waals surface area contributed by atoms with Crippen molar-refractivity contribution < 1.29 is 18.0 Å². The molecule has 0 saturated heterocycles. The first-order chi connectivity index (χ1) is 10.3. The second kappa shape index (κ2) is 7.20. The summed E-state index contributed by atoms with van der Waals surface area (Å²) in [5.41, 5.74) is 5.71. The van der Waals surface area contributed by atoms with Crippen molar-refractivity contribution in [2.75, 3.05) is 19.6 Å². The standard InChI is InChI=1S/C16H27F3N2O/c17-16(18,19)8-9-21(11-13-4-5-13)14(22)10-15(12-20)6-2-1-3-7-15/h13H,1-12,20H2. The number of nitrogens with zero attached hydrogens (tertiary/aromatic N) is 1. The van der Waals surface area contributed by atoms with E-state index in [2.05, 4.69) is 0 Å². The summed E-state index contributed by atoms with van der Waals surface area (Å²) < 4.78 is 37.4. The van der Waals surface area contributed by atoms with E-state index in [1.54, 1.807) is 0 Å². The van der Waals surface area contributed by atoms with E-state index < -0.39 is 12.6 Å². The van der Waals surface area contributed by atoms with Crippen LogP contribution < -0.4 is 5.73 Å². The molecule has 2 N–H and O–H groups in total. The molecule has 128 valence electrons. The lowest BCUT2D eigenvalue weighted by Crippen LogP contribution is -2.42. The number of hydrogen-bond acceptors (Lipinski definition) is 2. The van der Waals surface area contributed by atoms with E-state index in [-0.39, 0.29) is 17.9 Å². The maximum absolute atomic E-state index is 12.6. The quantitative estimate of drug-likeness (QED) is 0.780. The van der Waals surface area contributed by atoms with Crippen LogP contribution in [0.4, 0.5) is 13.2 Å². The van der Waals surface area contributed by atoms with Crippen molar-refractivity contribution in [3.63, 3.8) is 0 Å². The van der Waals surface area contributed by atoms with Crippen LogP contribution in [0.25, 0.3) is 0 Å². The summed E-state index contributed by atoms with van der Waals surface area (Å²) in [7, 11) is 0. The summed E-state index contributed by atoms with van der Waals surface area (Å²) in [4.78, 5) is 14.0. The van der Waals surface area contributed by atoms with Crippen LogP contribution in [-0.2, 0) is 4.79 Å². The Bertz CT molecular complexity index is 374. The van der Waals surface area contributed by atoms with Crippen LogP contribution in [0.3, 0.4) is 0 Å². The molecule has 2 aliphatic rings. The van der Waals surface area contributed by atoms with Crippen LogP contribution in [-0.4, -0.2) is 36.6 Å². The molecule has 2 saturated carbocycles. The Hall–Kier alpha value is -0.780. The fourth-order valence-electron chi connectivity index (χ4n) is 3.38. The molecule has 0 aromatic carbocycles. The van der Waals surface area contributed by atoms with Crippen molar-refractivity contribution in [3.05, 3.63) is 0 Å². The van der Waals surface area contributed by atoms with Crippen molar-refractivity contribution in [2.45, 2.75) is 64.0 Å². The zero-order valence-electron chi connectivity index (χ0n) is 13.1. The molecule has 1 amide bonds. The number of amides is 1. The van der Waals surface area contributed by atoms with Crippen LogP contribution in [0.1, 0.15) is 57.8 Å². The first kappa shape index (κ1) is 17.6. The second-order valence-electron chi connectivity index (χ2n) is 7.09. The zero-order chi connectivity index (χ0) is 16.2. The van der Waals surface area contributed by atoms with Gasteiger partial charge in [0.2, 0.25) is 5.91 Å². The van der Waals surface area contributed by atoms with E-state index in [0.29, 0.717) is 25.4 Å². The van der Waals surface area contributed by atoms with Crippen molar-refractivity contribution in [2.24, 2.45) is 17.1 Å². The molecule has 0 aromatic heterocycles. The molecule has 0 spiro atoms. The van der Waals surface area contributed by atoms with Crippen molar-refractivity contribution >= 4 is 5.91 Å².